The SMILES string of the molecule is CC(OCC1CCCCO1)C(=O)N1CCNC(C)C1C. The third-order valence-corrected chi connectivity index (χ3v) is 4.47. The van der Waals surface area contributed by atoms with E-state index in [0.717, 1.165) is 32.5 Å². The summed E-state index contributed by atoms with van der Waals surface area (Å²) in [5, 5.41) is 3.38. The second-order valence-electron chi connectivity index (χ2n) is 5.98. The second kappa shape index (κ2) is 7.38. The number of ether oxygens (including phenoxy) is 2. The third-order valence-electron chi connectivity index (χ3n) is 4.47. The molecule has 5 heteroatoms. The van der Waals surface area contributed by atoms with Crippen molar-refractivity contribution in [2.24, 2.45) is 0 Å². The Labute approximate surface area is 122 Å². The summed E-state index contributed by atoms with van der Waals surface area (Å²) >= 11 is 0. The molecule has 1 amide bonds. The standard InChI is InChI=1S/C15H28N2O3/c1-11-12(2)17(8-7-16-11)15(18)13(3)20-10-14-6-4-5-9-19-14/h11-14,16H,4-10H2,1-3H3. The number of carbonyl (C=O) groups excluding carboxylic acids is 1. The largest absolute Gasteiger partial charge is 0.376 e. The lowest BCUT2D eigenvalue weighted by atomic mass is 10.1. The minimum absolute atomic E-state index is 0.0988. The average molecular weight is 284 g/mol. The lowest BCUT2D eigenvalue weighted by molar-refractivity contribution is -0.149. The van der Waals surface area contributed by atoms with E-state index < -0.39 is 0 Å². The van der Waals surface area contributed by atoms with Gasteiger partial charge in [0.15, 0.2) is 0 Å². The Morgan fingerprint density at radius 2 is 2.25 bits per heavy atom. The Morgan fingerprint density at radius 3 is 2.95 bits per heavy atom. The van der Waals surface area contributed by atoms with Gasteiger partial charge < -0.3 is 19.7 Å². The number of piperazine rings is 1. The van der Waals surface area contributed by atoms with E-state index in [2.05, 4.69) is 19.2 Å². The van der Waals surface area contributed by atoms with Crippen LogP contribution in [-0.4, -0.2) is 61.4 Å². The van der Waals surface area contributed by atoms with Crippen molar-refractivity contribution in [1.82, 2.24) is 10.2 Å². The first-order chi connectivity index (χ1) is 9.59. The van der Waals surface area contributed by atoms with Gasteiger partial charge in [0.1, 0.15) is 6.10 Å². The van der Waals surface area contributed by atoms with Crippen molar-refractivity contribution in [3.8, 4) is 0 Å². The zero-order chi connectivity index (χ0) is 14.5. The van der Waals surface area contributed by atoms with Gasteiger partial charge in [0.2, 0.25) is 0 Å². The molecule has 2 heterocycles. The zero-order valence-electron chi connectivity index (χ0n) is 12.9. The number of hydrogen-bond donors (Lipinski definition) is 1. The van der Waals surface area contributed by atoms with Crippen molar-refractivity contribution >= 4 is 5.91 Å². The molecule has 0 aromatic rings. The van der Waals surface area contributed by atoms with Crippen LogP contribution < -0.4 is 5.32 Å². The summed E-state index contributed by atoms with van der Waals surface area (Å²) < 4.78 is 11.4. The van der Waals surface area contributed by atoms with Crippen LogP contribution in [0.15, 0.2) is 0 Å². The topological polar surface area (TPSA) is 50.8 Å². The fraction of sp³-hybridized carbons (Fsp3) is 0.933. The minimum atomic E-state index is -0.381. The molecule has 1 N–H and O–H groups in total. The van der Waals surface area contributed by atoms with Crippen LogP contribution in [0.5, 0.6) is 0 Å². The predicted octanol–water partition coefficient (Wildman–Crippen LogP) is 1.17. The Morgan fingerprint density at radius 1 is 1.45 bits per heavy atom. The van der Waals surface area contributed by atoms with Gasteiger partial charge in [-0.3, -0.25) is 4.79 Å². The van der Waals surface area contributed by atoms with Crippen LogP contribution >= 0.6 is 0 Å². The van der Waals surface area contributed by atoms with Crippen molar-refractivity contribution in [2.75, 3.05) is 26.3 Å². The van der Waals surface area contributed by atoms with Gasteiger partial charge in [-0.2, -0.15) is 0 Å². The van der Waals surface area contributed by atoms with Gasteiger partial charge in [-0.1, -0.05) is 0 Å². The fourth-order valence-electron chi connectivity index (χ4n) is 2.86. The maximum atomic E-state index is 12.5. The summed E-state index contributed by atoms with van der Waals surface area (Å²) in [6, 6.07) is 0.551. The molecule has 5 nitrogen and oxygen atoms in total. The molecule has 4 atom stereocenters. The molecule has 0 aromatic heterocycles. The Balaban J connectivity index is 1.78. The molecule has 0 aromatic carbocycles. The van der Waals surface area contributed by atoms with E-state index in [4.69, 9.17) is 9.47 Å². The number of carbonyl (C=O) groups is 1. The molecule has 0 bridgehead atoms. The maximum Gasteiger partial charge on any atom is 0.251 e. The fourth-order valence-corrected chi connectivity index (χ4v) is 2.86. The van der Waals surface area contributed by atoms with Gasteiger partial charge in [0.25, 0.3) is 5.91 Å². The molecule has 2 saturated heterocycles. The van der Waals surface area contributed by atoms with Gasteiger partial charge in [-0.25, -0.2) is 0 Å². The predicted molar refractivity (Wildman–Crippen MR) is 77.6 cm³/mol. The Hall–Kier alpha value is -0.650. The van der Waals surface area contributed by atoms with E-state index in [9.17, 15) is 4.79 Å². The van der Waals surface area contributed by atoms with Crippen LogP contribution in [0, 0.1) is 0 Å². The molecule has 20 heavy (non-hydrogen) atoms. The molecular weight excluding hydrogens is 256 g/mol. The minimum Gasteiger partial charge on any atom is -0.376 e. The van der Waals surface area contributed by atoms with Gasteiger partial charge in [0.05, 0.1) is 12.7 Å². The van der Waals surface area contributed by atoms with Crippen LogP contribution in [-0.2, 0) is 14.3 Å². The van der Waals surface area contributed by atoms with E-state index in [0.29, 0.717) is 12.6 Å². The van der Waals surface area contributed by atoms with Crippen LogP contribution in [0.1, 0.15) is 40.0 Å². The maximum absolute atomic E-state index is 12.5. The number of rotatable bonds is 4. The highest BCUT2D eigenvalue weighted by molar-refractivity contribution is 5.81. The lowest BCUT2D eigenvalue weighted by Gasteiger charge is -2.39. The van der Waals surface area contributed by atoms with E-state index in [-0.39, 0.29) is 24.2 Å². The Kier molecular flexibility index (Phi) is 5.81. The first kappa shape index (κ1) is 15.7. The molecule has 116 valence electrons. The summed E-state index contributed by atoms with van der Waals surface area (Å²) in [6.45, 7) is 9.03. The number of amides is 1. The summed E-state index contributed by atoms with van der Waals surface area (Å²) in [5.41, 5.74) is 0. The molecule has 0 aliphatic carbocycles. The quantitative estimate of drug-likeness (QED) is 0.842. The molecule has 2 aliphatic rings. The van der Waals surface area contributed by atoms with Crippen molar-refractivity contribution < 1.29 is 14.3 Å². The first-order valence-corrected chi connectivity index (χ1v) is 7.86. The van der Waals surface area contributed by atoms with Crippen LogP contribution in [0.25, 0.3) is 0 Å². The third kappa shape index (κ3) is 3.93. The number of hydrogen-bond acceptors (Lipinski definition) is 4. The van der Waals surface area contributed by atoms with Gasteiger partial charge in [-0.15, -0.1) is 0 Å². The summed E-state index contributed by atoms with van der Waals surface area (Å²) in [7, 11) is 0. The summed E-state index contributed by atoms with van der Waals surface area (Å²) in [4.78, 5) is 14.4. The van der Waals surface area contributed by atoms with E-state index in [1.807, 2.05) is 11.8 Å². The molecule has 4 unspecified atom stereocenters. The van der Waals surface area contributed by atoms with Crippen LogP contribution in [0.2, 0.25) is 0 Å². The molecule has 0 radical (unpaired) electrons. The zero-order valence-corrected chi connectivity index (χ0v) is 12.9. The molecular formula is C15H28N2O3. The van der Waals surface area contributed by atoms with E-state index >= 15 is 0 Å². The van der Waals surface area contributed by atoms with E-state index in [1.165, 1.54) is 6.42 Å². The molecule has 0 spiro atoms. The smallest absolute Gasteiger partial charge is 0.251 e. The number of nitrogens with one attached hydrogen (secondary N) is 1. The average Bonchev–Trinajstić information content (AvgIpc) is 2.48. The Bertz CT molecular complexity index is 318. The van der Waals surface area contributed by atoms with Crippen molar-refractivity contribution in [3.63, 3.8) is 0 Å². The van der Waals surface area contributed by atoms with Crippen molar-refractivity contribution in [2.45, 2.75) is 64.3 Å². The van der Waals surface area contributed by atoms with Crippen LogP contribution in [0.3, 0.4) is 0 Å². The van der Waals surface area contributed by atoms with Crippen molar-refractivity contribution in [1.29, 1.82) is 0 Å². The molecule has 2 aliphatic heterocycles. The second-order valence-corrected chi connectivity index (χ2v) is 5.98. The summed E-state index contributed by atoms with van der Waals surface area (Å²) in [5.74, 6) is 0.0988. The molecule has 0 saturated carbocycles. The highest BCUT2D eigenvalue weighted by atomic mass is 16.5. The van der Waals surface area contributed by atoms with Crippen molar-refractivity contribution in [3.05, 3.63) is 0 Å². The monoisotopic (exact) mass is 284 g/mol. The van der Waals surface area contributed by atoms with Gasteiger partial charge in [-0.05, 0) is 40.0 Å². The first-order valence-electron chi connectivity index (χ1n) is 7.86. The summed E-state index contributed by atoms with van der Waals surface area (Å²) in [6.07, 6.45) is 3.16. The van der Waals surface area contributed by atoms with Crippen LogP contribution in [0.4, 0.5) is 0 Å². The van der Waals surface area contributed by atoms with Gasteiger partial charge >= 0.3 is 0 Å². The normalized spacial score (nSPS) is 33.0. The number of nitrogens with zero attached hydrogens (tertiary/aromatic N) is 1. The lowest BCUT2D eigenvalue weighted by Crippen LogP contribution is -2.59. The van der Waals surface area contributed by atoms with Gasteiger partial charge in [0, 0.05) is 31.8 Å². The highest BCUT2D eigenvalue weighted by Gasteiger charge is 2.31. The highest BCUT2D eigenvalue weighted by Crippen LogP contribution is 2.15. The molecule has 2 fully saturated rings. The molecule has 2 rings (SSSR count). The van der Waals surface area contributed by atoms with E-state index in [1.54, 1.807) is 0 Å².